The standard InChI is InChI=1S/C15H16N2O6/c1-9-6-13(17-23-9)16-14(18)8-22-11-5-4-10(15(19)21-3)7-12(11)20-2/h4-7H,8H2,1-3H3,(H,16,17,18). The molecular weight excluding hydrogens is 304 g/mol. The molecule has 8 nitrogen and oxygen atoms in total. The molecule has 0 atom stereocenters. The number of esters is 1. The first-order chi connectivity index (χ1) is 11.0. The molecule has 122 valence electrons. The minimum Gasteiger partial charge on any atom is -0.493 e. The van der Waals surface area contributed by atoms with Gasteiger partial charge in [0.05, 0.1) is 19.8 Å². The molecule has 0 saturated carbocycles. The molecule has 1 aromatic carbocycles. The summed E-state index contributed by atoms with van der Waals surface area (Å²) in [6.45, 7) is 1.47. The highest BCUT2D eigenvalue weighted by Gasteiger charge is 2.13. The Morgan fingerprint density at radius 1 is 1.22 bits per heavy atom. The van der Waals surface area contributed by atoms with Gasteiger partial charge in [0.1, 0.15) is 5.76 Å². The number of rotatable bonds is 6. The highest BCUT2D eigenvalue weighted by molar-refractivity contribution is 5.91. The highest BCUT2D eigenvalue weighted by atomic mass is 16.5. The van der Waals surface area contributed by atoms with Gasteiger partial charge in [-0.3, -0.25) is 4.79 Å². The number of aryl methyl sites for hydroxylation is 1. The number of aromatic nitrogens is 1. The van der Waals surface area contributed by atoms with Crippen LogP contribution >= 0.6 is 0 Å². The molecule has 1 aromatic heterocycles. The zero-order valence-electron chi connectivity index (χ0n) is 12.9. The second-order valence-electron chi connectivity index (χ2n) is 4.52. The number of hydrogen-bond donors (Lipinski definition) is 1. The van der Waals surface area contributed by atoms with E-state index in [1.54, 1.807) is 13.0 Å². The number of carbonyl (C=O) groups is 2. The largest absolute Gasteiger partial charge is 0.493 e. The van der Waals surface area contributed by atoms with Gasteiger partial charge in [0.25, 0.3) is 5.91 Å². The molecule has 0 saturated heterocycles. The topological polar surface area (TPSA) is 99.9 Å². The summed E-state index contributed by atoms with van der Waals surface area (Å²) in [5.41, 5.74) is 0.319. The van der Waals surface area contributed by atoms with Crippen molar-refractivity contribution < 1.29 is 28.3 Å². The molecule has 2 rings (SSSR count). The lowest BCUT2D eigenvalue weighted by Gasteiger charge is -2.11. The van der Waals surface area contributed by atoms with Crippen molar-refractivity contribution in [3.63, 3.8) is 0 Å². The van der Waals surface area contributed by atoms with E-state index in [2.05, 4.69) is 15.2 Å². The third kappa shape index (κ3) is 4.22. The number of benzene rings is 1. The van der Waals surface area contributed by atoms with Gasteiger partial charge in [0.2, 0.25) is 0 Å². The fraction of sp³-hybridized carbons (Fsp3) is 0.267. The molecule has 0 fully saturated rings. The zero-order valence-corrected chi connectivity index (χ0v) is 12.9. The van der Waals surface area contributed by atoms with Gasteiger partial charge in [0, 0.05) is 6.07 Å². The average Bonchev–Trinajstić information content (AvgIpc) is 2.96. The van der Waals surface area contributed by atoms with E-state index in [-0.39, 0.29) is 6.61 Å². The lowest BCUT2D eigenvalue weighted by Crippen LogP contribution is -2.20. The lowest BCUT2D eigenvalue weighted by molar-refractivity contribution is -0.118. The third-order valence-corrected chi connectivity index (χ3v) is 2.84. The van der Waals surface area contributed by atoms with E-state index < -0.39 is 11.9 Å². The van der Waals surface area contributed by atoms with Crippen molar-refractivity contribution in [1.82, 2.24) is 5.16 Å². The Bertz CT molecular complexity index is 710. The van der Waals surface area contributed by atoms with Crippen LogP contribution in [-0.2, 0) is 9.53 Å². The van der Waals surface area contributed by atoms with Crippen LogP contribution < -0.4 is 14.8 Å². The van der Waals surface area contributed by atoms with Crippen LogP contribution in [0, 0.1) is 6.92 Å². The van der Waals surface area contributed by atoms with E-state index in [1.807, 2.05) is 0 Å². The molecule has 0 aliphatic carbocycles. The summed E-state index contributed by atoms with van der Waals surface area (Å²) >= 11 is 0. The van der Waals surface area contributed by atoms with E-state index in [1.165, 1.54) is 32.4 Å². The maximum absolute atomic E-state index is 11.8. The van der Waals surface area contributed by atoms with E-state index in [4.69, 9.17) is 14.0 Å². The van der Waals surface area contributed by atoms with Crippen molar-refractivity contribution in [2.24, 2.45) is 0 Å². The van der Waals surface area contributed by atoms with Gasteiger partial charge in [-0.05, 0) is 25.1 Å². The number of ether oxygens (including phenoxy) is 3. The monoisotopic (exact) mass is 320 g/mol. The first kappa shape index (κ1) is 16.3. The Kier molecular flexibility index (Phi) is 5.19. The molecule has 1 N–H and O–H groups in total. The van der Waals surface area contributed by atoms with E-state index >= 15 is 0 Å². The maximum atomic E-state index is 11.8. The van der Waals surface area contributed by atoms with Crippen molar-refractivity contribution in [3.8, 4) is 11.5 Å². The molecule has 0 bridgehead atoms. The molecule has 0 aliphatic rings. The van der Waals surface area contributed by atoms with Crippen LogP contribution in [0.2, 0.25) is 0 Å². The summed E-state index contributed by atoms with van der Waals surface area (Å²) in [5, 5.41) is 6.17. The highest BCUT2D eigenvalue weighted by Crippen LogP contribution is 2.28. The minimum absolute atomic E-state index is 0.250. The number of carbonyl (C=O) groups excluding carboxylic acids is 2. The molecule has 1 heterocycles. The smallest absolute Gasteiger partial charge is 0.337 e. The van der Waals surface area contributed by atoms with Gasteiger partial charge in [-0.15, -0.1) is 0 Å². The Morgan fingerprint density at radius 2 is 2.00 bits per heavy atom. The van der Waals surface area contributed by atoms with E-state index in [0.29, 0.717) is 28.6 Å². The van der Waals surface area contributed by atoms with Crippen LogP contribution in [0.25, 0.3) is 0 Å². The van der Waals surface area contributed by atoms with E-state index in [0.717, 1.165) is 0 Å². The summed E-state index contributed by atoms with van der Waals surface area (Å²) in [5.74, 6) is 0.640. The second-order valence-corrected chi connectivity index (χ2v) is 4.52. The molecular formula is C15H16N2O6. The van der Waals surface area contributed by atoms with Gasteiger partial charge in [-0.1, -0.05) is 5.16 Å². The molecule has 23 heavy (non-hydrogen) atoms. The minimum atomic E-state index is -0.492. The van der Waals surface area contributed by atoms with Crippen LogP contribution in [0.3, 0.4) is 0 Å². The zero-order chi connectivity index (χ0) is 16.8. The van der Waals surface area contributed by atoms with Crippen LogP contribution in [-0.4, -0.2) is 37.9 Å². The van der Waals surface area contributed by atoms with Gasteiger partial charge in [-0.25, -0.2) is 4.79 Å². The SMILES string of the molecule is COC(=O)c1ccc(OCC(=O)Nc2cc(C)on2)c(OC)c1. The van der Waals surface area contributed by atoms with Crippen LogP contribution in [0.5, 0.6) is 11.5 Å². The van der Waals surface area contributed by atoms with Gasteiger partial charge >= 0.3 is 5.97 Å². The van der Waals surface area contributed by atoms with Crippen molar-refractivity contribution in [3.05, 3.63) is 35.6 Å². The lowest BCUT2D eigenvalue weighted by atomic mass is 10.2. The Labute approximate surface area is 132 Å². The summed E-state index contributed by atoms with van der Waals surface area (Å²) < 4.78 is 20.0. The summed E-state index contributed by atoms with van der Waals surface area (Å²) in [6, 6.07) is 6.10. The number of hydrogen-bond acceptors (Lipinski definition) is 7. The molecule has 1 amide bonds. The molecule has 2 aromatic rings. The number of amides is 1. The predicted octanol–water partition coefficient (Wildman–Crippen LogP) is 1.80. The fourth-order valence-corrected chi connectivity index (χ4v) is 1.78. The summed E-state index contributed by atoms with van der Waals surface area (Å²) in [7, 11) is 2.72. The van der Waals surface area contributed by atoms with Crippen LogP contribution in [0.1, 0.15) is 16.1 Å². The number of methoxy groups -OCH3 is 2. The van der Waals surface area contributed by atoms with Crippen molar-refractivity contribution in [2.45, 2.75) is 6.92 Å². The second kappa shape index (κ2) is 7.30. The Hall–Kier alpha value is -3.03. The molecule has 0 aliphatic heterocycles. The van der Waals surface area contributed by atoms with Crippen LogP contribution in [0.15, 0.2) is 28.8 Å². The first-order valence-electron chi connectivity index (χ1n) is 6.66. The first-order valence-corrected chi connectivity index (χ1v) is 6.66. The third-order valence-electron chi connectivity index (χ3n) is 2.84. The average molecular weight is 320 g/mol. The van der Waals surface area contributed by atoms with Gasteiger partial charge < -0.3 is 24.1 Å². The normalized spacial score (nSPS) is 10.0. The van der Waals surface area contributed by atoms with E-state index in [9.17, 15) is 9.59 Å². The molecule has 0 radical (unpaired) electrons. The molecule has 0 unspecified atom stereocenters. The van der Waals surface area contributed by atoms with Gasteiger partial charge in [0.15, 0.2) is 23.9 Å². The maximum Gasteiger partial charge on any atom is 0.337 e. The molecule has 8 heteroatoms. The van der Waals surface area contributed by atoms with Crippen molar-refractivity contribution in [2.75, 3.05) is 26.1 Å². The summed E-state index contributed by atoms with van der Waals surface area (Å²) in [6.07, 6.45) is 0. The number of nitrogens with one attached hydrogen (secondary N) is 1. The molecule has 0 spiro atoms. The fourth-order valence-electron chi connectivity index (χ4n) is 1.78. The predicted molar refractivity (Wildman–Crippen MR) is 79.7 cm³/mol. The quantitative estimate of drug-likeness (QED) is 0.810. The Balaban J connectivity index is 1.99. The van der Waals surface area contributed by atoms with Crippen molar-refractivity contribution in [1.29, 1.82) is 0 Å². The number of nitrogens with zero attached hydrogens (tertiary/aromatic N) is 1. The van der Waals surface area contributed by atoms with Crippen molar-refractivity contribution >= 4 is 17.7 Å². The Morgan fingerprint density at radius 3 is 2.61 bits per heavy atom. The van der Waals surface area contributed by atoms with Crippen LogP contribution in [0.4, 0.5) is 5.82 Å². The van der Waals surface area contributed by atoms with Gasteiger partial charge in [-0.2, -0.15) is 0 Å². The summed E-state index contributed by atoms with van der Waals surface area (Å²) in [4.78, 5) is 23.2. The number of anilines is 1.